The number of nitrogens with one attached hydrogen (secondary N) is 3. The second-order valence-corrected chi connectivity index (χ2v) is 10.1. The maximum Gasteiger partial charge on any atom is 0.321 e. The Bertz CT molecular complexity index is 1620. The van der Waals surface area contributed by atoms with Crippen LogP contribution in [-0.2, 0) is 16.0 Å². The fraction of sp³-hybridized carbons (Fsp3) is 0.233. The molecule has 0 saturated carbocycles. The second kappa shape index (κ2) is 12.0. The average Bonchev–Trinajstić information content (AvgIpc) is 3.72. The number of rotatable bonds is 7. The molecule has 1 aromatic heterocycles. The van der Waals surface area contributed by atoms with Crippen molar-refractivity contribution in [3.63, 3.8) is 0 Å². The summed E-state index contributed by atoms with van der Waals surface area (Å²) >= 11 is 0. The molecular weight excluding hydrogens is 534 g/mol. The summed E-state index contributed by atoms with van der Waals surface area (Å²) in [5.41, 5.74) is 4.00. The van der Waals surface area contributed by atoms with E-state index in [1.54, 1.807) is 29.2 Å². The molecule has 0 bridgehead atoms. The third-order valence-electron chi connectivity index (χ3n) is 7.22. The van der Waals surface area contributed by atoms with E-state index in [1.807, 2.05) is 54.6 Å². The van der Waals surface area contributed by atoms with Crippen LogP contribution in [0.1, 0.15) is 35.4 Å². The molecule has 1 atom stereocenters. The highest BCUT2D eigenvalue weighted by Crippen LogP contribution is 2.28. The quantitative estimate of drug-likeness (QED) is 0.315. The number of tetrazole rings is 1. The first kappa shape index (κ1) is 26.8. The van der Waals surface area contributed by atoms with Crippen molar-refractivity contribution in [3.05, 3.63) is 101 Å². The number of benzodiazepines with no additional fused rings is 1. The number of aromatic nitrogens is 4. The monoisotopic (exact) mass is 563 g/mol. The number of aliphatic imine (C=N–C) groups is 1. The minimum Gasteiger partial charge on any atom is -0.341 e. The van der Waals surface area contributed by atoms with Crippen molar-refractivity contribution >= 4 is 34.9 Å². The molecule has 3 heterocycles. The summed E-state index contributed by atoms with van der Waals surface area (Å²) in [7, 11) is 0. The first-order chi connectivity index (χ1) is 20.5. The molecule has 4 amide bonds. The highest BCUT2D eigenvalue weighted by atomic mass is 16.2. The highest BCUT2D eigenvalue weighted by Gasteiger charge is 2.35. The van der Waals surface area contributed by atoms with Gasteiger partial charge in [0.25, 0.3) is 5.91 Å². The lowest BCUT2D eigenvalue weighted by Gasteiger charge is -2.27. The molecule has 0 aliphatic carbocycles. The second-order valence-electron chi connectivity index (χ2n) is 10.1. The third kappa shape index (κ3) is 5.87. The van der Waals surface area contributed by atoms with Crippen molar-refractivity contribution in [2.24, 2.45) is 4.99 Å². The van der Waals surface area contributed by atoms with Gasteiger partial charge in [-0.2, -0.15) is 0 Å². The van der Waals surface area contributed by atoms with Crippen LogP contribution >= 0.6 is 0 Å². The van der Waals surface area contributed by atoms with Gasteiger partial charge in [-0.3, -0.25) is 14.5 Å². The third-order valence-corrected chi connectivity index (χ3v) is 7.22. The Morgan fingerprint density at radius 2 is 1.74 bits per heavy atom. The Morgan fingerprint density at radius 3 is 2.52 bits per heavy atom. The van der Waals surface area contributed by atoms with Crippen LogP contribution in [0.2, 0.25) is 0 Å². The Morgan fingerprint density at radius 1 is 0.952 bits per heavy atom. The molecule has 1 fully saturated rings. The number of carbonyl (C=O) groups excluding carboxylic acids is 3. The zero-order chi connectivity index (χ0) is 28.9. The normalized spacial score (nSPS) is 16.4. The van der Waals surface area contributed by atoms with Crippen molar-refractivity contribution in [1.29, 1.82) is 0 Å². The Kier molecular flexibility index (Phi) is 7.66. The molecule has 12 nitrogen and oxygen atoms in total. The number of para-hydroxylation sites is 1. The molecule has 3 aromatic carbocycles. The first-order valence-corrected chi connectivity index (χ1v) is 13.8. The number of likely N-dealkylation sites (tertiary alicyclic amines) is 1. The molecule has 0 spiro atoms. The highest BCUT2D eigenvalue weighted by molar-refractivity contribution is 6.21. The number of fused-ring (bicyclic) bond motifs is 1. The first-order valence-electron chi connectivity index (χ1n) is 13.8. The van der Waals surface area contributed by atoms with Gasteiger partial charge in [-0.25, -0.2) is 14.9 Å². The number of benzene rings is 3. The van der Waals surface area contributed by atoms with Crippen LogP contribution in [0.15, 0.2) is 83.9 Å². The van der Waals surface area contributed by atoms with Gasteiger partial charge in [0.05, 0.1) is 11.4 Å². The molecule has 42 heavy (non-hydrogen) atoms. The van der Waals surface area contributed by atoms with Crippen molar-refractivity contribution in [2.45, 2.75) is 25.4 Å². The van der Waals surface area contributed by atoms with Gasteiger partial charge in [-0.15, -0.1) is 5.10 Å². The number of nitrogens with zero attached hydrogens (tertiary/aromatic N) is 6. The van der Waals surface area contributed by atoms with Crippen molar-refractivity contribution in [1.82, 2.24) is 30.8 Å². The van der Waals surface area contributed by atoms with Gasteiger partial charge < -0.3 is 15.5 Å². The van der Waals surface area contributed by atoms with E-state index in [4.69, 9.17) is 4.99 Å². The smallest absolute Gasteiger partial charge is 0.321 e. The number of hydrogen-bond acceptors (Lipinski definition) is 7. The van der Waals surface area contributed by atoms with E-state index in [1.165, 1.54) is 4.90 Å². The zero-order valence-electron chi connectivity index (χ0n) is 22.7. The molecule has 2 aliphatic heterocycles. The SMILES string of the molecule is O=C(Nc1cccc(Cc2nnn[nH]2)c1)NC1N=C(c2ccccc2)c2ccccc2N(CC(=O)N2CCCC2)C1=O. The summed E-state index contributed by atoms with van der Waals surface area (Å²) in [6.45, 7) is 1.19. The zero-order valence-corrected chi connectivity index (χ0v) is 22.7. The maximum absolute atomic E-state index is 14.0. The van der Waals surface area contributed by atoms with E-state index >= 15 is 0 Å². The topological polar surface area (TPSA) is 149 Å². The lowest BCUT2D eigenvalue weighted by Crippen LogP contribution is -2.51. The van der Waals surface area contributed by atoms with Crippen LogP contribution < -0.4 is 15.5 Å². The number of aromatic amines is 1. The number of hydrogen-bond donors (Lipinski definition) is 3. The van der Waals surface area contributed by atoms with Crippen molar-refractivity contribution in [2.75, 3.05) is 29.9 Å². The molecule has 212 valence electrons. The van der Waals surface area contributed by atoms with E-state index in [0.717, 1.165) is 24.0 Å². The van der Waals surface area contributed by atoms with Gasteiger partial charge in [-0.05, 0) is 47.0 Å². The summed E-state index contributed by atoms with van der Waals surface area (Å²) in [5, 5.41) is 19.3. The predicted octanol–water partition coefficient (Wildman–Crippen LogP) is 2.74. The Balaban J connectivity index is 1.29. The number of H-pyrrole nitrogens is 1. The average molecular weight is 564 g/mol. The number of carbonyl (C=O) groups is 3. The van der Waals surface area contributed by atoms with Crippen molar-refractivity contribution < 1.29 is 14.4 Å². The van der Waals surface area contributed by atoms with Gasteiger partial charge >= 0.3 is 6.03 Å². The molecule has 0 radical (unpaired) electrons. The van der Waals surface area contributed by atoms with Gasteiger partial charge in [0, 0.05) is 36.3 Å². The molecule has 1 saturated heterocycles. The molecule has 1 unspecified atom stereocenters. The summed E-state index contributed by atoms with van der Waals surface area (Å²) in [6, 6.07) is 23.5. The van der Waals surface area contributed by atoms with Crippen molar-refractivity contribution in [3.8, 4) is 0 Å². The predicted molar refractivity (Wildman–Crippen MR) is 156 cm³/mol. The van der Waals surface area contributed by atoms with Crippen LogP contribution in [0, 0.1) is 0 Å². The van der Waals surface area contributed by atoms with Gasteiger partial charge in [-0.1, -0.05) is 60.7 Å². The van der Waals surface area contributed by atoms with E-state index < -0.39 is 18.1 Å². The van der Waals surface area contributed by atoms with Gasteiger partial charge in [0.15, 0.2) is 5.82 Å². The number of anilines is 2. The minimum absolute atomic E-state index is 0.138. The van der Waals surface area contributed by atoms with Crippen LogP contribution in [0.4, 0.5) is 16.2 Å². The fourth-order valence-corrected chi connectivity index (χ4v) is 5.21. The van der Waals surface area contributed by atoms with Crippen LogP contribution in [0.25, 0.3) is 0 Å². The minimum atomic E-state index is -1.28. The molecule has 12 heteroatoms. The van der Waals surface area contributed by atoms with Gasteiger partial charge in [0.2, 0.25) is 12.1 Å². The summed E-state index contributed by atoms with van der Waals surface area (Å²) in [4.78, 5) is 48.5. The largest absolute Gasteiger partial charge is 0.341 e. The summed E-state index contributed by atoms with van der Waals surface area (Å²) < 4.78 is 0. The van der Waals surface area contributed by atoms with Crippen LogP contribution in [0.3, 0.4) is 0 Å². The van der Waals surface area contributed by atoms with E-state index in [-0.39, 0.29) is 12.5 Å². The number of amides is 4. The summed E-state index contributed by atoms with van der Waals surface area (Å²) in [6.07, 6.45) is 1.06. The standard InChI is InChI=1S/C30H29N9O3/c40-26(38-15-6-7-16-38)19-39-24-14-5-4-13-23(24)27(21-10-2-1-3-11-21)32-28(29(39)41)33-30(42)31-22-12-8-9-20(17-22)18-25-34-36-37-35-25/h1-5,8-14,17,28H,6-7,15-16,18-19H2,(H2,31,33,42)(H,34,35,36,37). The van der Waals surface area contributed by atoms with E-state index in [2.05, 4.69) is 31.3 Å². The molecule has 3 N–H and O–H groups in total. The van der Waals surface area contributed by atoms with Gasteiger partial charge in [0.1, 0.15) is 6.54 Å². The molecule has 2 aliphatic rings. The van der Waals surface area contributed by atoms with Crippen LogP contribution in [0.5, 0.6) is 0 Å². The fourth-order valence-electron chi connectivity index (χ4n) is 5.21. The molecule has 6 rings (SSSR count). The lowest BCUT2D eigenvalue weighted by atomic mass is 10.0. The molecular formula is C30H29N9O3. The van der Waals surface area contributed by atoms with Crippen LogP contribution in [-0.4, -0.2) is 74.9 Å². The lowest BCUT2D eigenvalue weighted by molar-refractivity contribution is -0.130. The Hall–Kier alpha value is -5.39. The van der Waals surface area contributed by atoms with E-state index in [0.29, 0.717) is 48.0 Å². The summed E-state index contributed by atoms with van der Waals surface area (Å²) in [5.74, 6) is -0.0463. The Labute approximate surface area is 241 Å². The van der Waals surface area contributed by atoms with E-state index in [9.17, 15) is 14.4 Å². The maximum atomic E-state index is 14.0. The molecule has 4 aromatic rings. The number of urea groups is 1.